The molecule has 0 aliphatic carbocycles. The highest BCUT2D eigenvalue weighted by Gasteiger charge is 2.05. The van der Waals surface area contributed by atoms with E-state index < -0.39 is 0 Å². The lowest BCUT2D eigenvalue weighted by atomic mass is 10.1. The first-order chi connectivity index (χ1) is 8.81. The van der Waals surface area contributed by atoms with Crippen LogP contribution in [0.5, 0.6) is 5.75 Å². The van der Waals surface area contributed by atoms with Gasteiger partial charge in [0.2, 0.25) is 5.89 Å². The van der Waals surface area contributed by atoms with Gasteiger partial charge in [0.1, 0.15) is 5.75 Å². The van der Waals surface area contributed by atoms with E-state index in [1.165, 1.54) is 0 Å². The molecule has 0 aliphatic heterocycles. The predicted molar refractivity (Wildman–Crippen MR) is 67.2 cm³/mol. The number of nitrogens with two attached hydrogens (primary N) is 1. The van der Waals surface area contributed by atoms with E-state index in [9.17, 15) is 0 Å². The molecule has 18 heavy (non-hydrogen) atoms. The molecule has 0 fully saturated rings. The average Bonchev–Trinajstić information content (AvgIpc) is 2.85. The molecule has 0 radical (unpaired) electrons. The van der Waals surface area contributed by atoms with Crippen LogP contribution in [0.25, 0.3) is 0 Å². The molecule has 96 valence electrons. The molecule has 5 heteroatoms. The van der Waals surface area contributed by atoms with Crippen molar-refractivity contribution in [1.82, 2.24) is 10.2 Å². The minimum absolute atomic E-state index is 0.291. The summed E-state index contributed by atoms with van der Waals surface area (Å²) in [6, 6.07) is 7.86. The van der Waals surface area contributed by atoms with Gasteiger partial charge >= 0.3 is 0 Å². The van der Waals surface area contributed by atoms with Crippen LogP contribution in [0.4, 0.5) is 0 Å². The van der Waals surface area contributed by atoms with Crippen LogP contribution in [-0.2, 0) is 19.4 Å². The Hall–Kier alpha value is -1.88. The number of aryl methyl sites for hydroxylation is 1. The van der Waals surface area contributed by atoms with Gasteiger partial charge in [-0.05, 0) is 30.7 Å². The molecule has 0 atom stereocenters. The summed E-state index contributed by atoms with van der Waals surface area (Å²) in [5, 5.41) is 7.78. The fourth-order valence-electron chi connectivity index (χ4n) is 1.59. The summed E-state index contributed by atoms with van der Waals surface area (Å²) in [6.07, 6.45) is 1.58. The summed E-state index contributed by atoms with van der Waals surface area (Å²) in [5.74, 6) is 1.92. The van der Waals surface area contributed by atoms with E-state index in [-0.39, 0.29) is 0 Å². The van der Waals surface area contributed by atoms with Crippen molar-refractivity contribution in [3.8, 4) is 5.75 Å². The van der Waals surface area contributed by atoms with Gasteiger partial charge in [0.15, 0.2) is 6.61 Å². The van der Waals surface area contributed by atoms with E-state index in [4.69, 9.17) is 14.9 Å². The molecule has 1 aromatic heterocycles. The largest absolute Gasteiger partial charge is 0.484 e. The highest BCUT2D eigenvalue weighted by atomic mass is 16.5. The van der Waals surface area contributed by atoms with Crippen molar-refractivity contribution in [2.75, 3.05) is 6.54 Å². The average molecular weight is 247 g/mol. The Kier molecular flexibility index (Phi) is 4.30. The van der Waals surface area contributed by atoms with Crippen molar-refractivity contribution in [3.05, 3.63) is 41.6 Å². The van der Waals surface area contributed by atoms with Crippen LogP contribution in [0.1, 0.15) is 24.3 Å². The third-order valence-corrected chi connectivity index (χ3v) is 2.50. The maximum Gasteiger partial charge on any atom is 0.253 e. The van der Waals surface area contributed by atoms with E-state index in [1.807, 2.05) is 31.2 Å². The number of ether oxygens (including phenoxy) is 1. The summed E-state index contributed by atoms with van der Waals surface area (Å²) in [5.41, 5.74) is 6.68. The minimum atomic E-state index is 0.291. The molecule has 5 nitrogen and oxygen atoms in total. The van der Waals surface area contributed by atoms with Crippen molar-refractivity contribution in [1.29, 1.82) is 0 Å². The molecule has 0 saturated heterocycles. The monoisotopic (exact) mass is 247 g/mol. The molecule has 0 bridgehead atoms. The second-order valence-corrected chi connectivity index (χ2v) is 3.92. The summed E-state index contributed by atoms with van der Waals surface area (Å²) in [6.45, 7) is 2.89. The van der Waals surface area contributed by atoms with Crippen LogP contribution >= 0.6 is 0 Å². The number of nitrogens with zero attached hydrogens (tertiary/aromatic N) is 2. The van der Waals surface area contributed by atoms with Gasteiger partial charge in [-0.2, -0.15) is 0 Å². The summed E-state index contributed by atoms with van der Waals surface area (Å²) < 4.78 is 11.0. The smallest absolute Gasteiger partial charge is 0.253 e. The Balaban J connectivity index is 1.94. The maximum atomic E-state index is 5.60. The van der Waals surface area contributed by atoms with E-state index in [2.05, 4.69) is 10.2 Å². The lowest BCUT2D eigenvalue weighted by molar-refractivity contribution is 0.259. The van der Waals surface area contributed by atoms with Gasteiger partial charge in [-0.25, -0.2) is 0 Å². The first kappa shape index (κ1) is 12.6. The number of hydrogen-bond donors (Lipinski definition) is 1. The molecule has 0 spiro atoms. The van der Waals surface area contributed by atoms with Crippen molar-refractivity contribution < 1.29 is 9.15 Å². The van der Waals surface area contributed by atoms with Crippen LogP contribution in [0.2, 0.25) is 0 Å². The van der Waals surface area contributed by atoms with Crippen LogP contribution in [0.15, 0.2) is 28.7 Å². The zero-order valence-corrected chi connectivity index (χ0v) is 10.4. The van der Waals surface area contributed by atoms with E-state index in [0.717, 1.165) is 24.2 Å². The lowest BCUT2D eigenvalue weighted by Gasteiger charge is -2.05. The molecule has 1 aromatic carbocycles. The number of rotatable bonds is 6. The van der Waals surface area contributed by atoms with Crippen LogP contribution in [0.3, 0.4) is 0 Å². The second-order valence-electron chi connectivity index (χ2n) is 3.92. The molecule has 0 aliphatic rings. The highest BCUT2D eigenvalue weighted by Crippen LogP contribution is 2.15. The molecule has 2 N–H and O–H groups in total. The Morgan fingerprint density at radius 2 is 2.11 bits per heavy atom. The summed E-state index contributed by atoms with van der Waals surface area (Å²) in [4.78, 5) is 0. The molecule has 0 amide bonds. The minimum Gasteiger partial charge on any atom is -0.484 e. The quantitative estimate of drug-likeness (QED) is 0.841. The van der Waals surface area contributed by atoms with Crippen LogP contribution in [0, 0.1) is 0 Å². The first-order valence-corrected chi connectivity index (χ1v) is 6.05. The van der Waals surface area contributed by atoms with Gasteiger partial charge in [-0.15, -0.1) is 10.2 Å². The number of aromatic nitrogens is 2. The lowest BCUT2D eigenvalue weighted by Crippen LogP contribution is -2.03. The van der Waals surface area contributed by atoms with Gasteiger partial charge in [0.25, 0.3) is 5.89 Å². The fraction of sp³-hybridized carbons (Fsp3) is 0.385. The molecular formula is C13H17N3O2. The number of hydrogen-bond acceptors (Lipinski definition) is 5. The molecule has 2 rings (SSSR count). The normalized spacial score (nSPS) is 10.6. The zero-order valence-electron chi connectivity index (χ0n) is 10.4. The van der Waals surface area contributed by atoms with E-state index in [1.54, 1.807) is 0 Å². The first-order valence-electron chi connectivity index (χ1n) is 6.05. The molecule has 0 unspecified atom stereocenters. The van der Waals surface area contributed by atoms with Gasteiger partial charge in [0.05, 0.1) is 0 Å². The van der Waals surface area contributed by atoms with Gasteiger partial charge in [-0.1, -0.05) is 19.1 Å². The Bertz CT molecular complexity index is 496. The fourth-order valence-corrected chi connectivity index (χ4v) is 1.59. The van der Waals surface area contributed by atoms with Crippen molar-refractivity contribution >= 4 is 0 Å². The number of benzene rings is 1. The zero-order chi connectivity index (χ0) is 12.8. The molecule has 1 heterocycles. The van der Waals surface area contributed by atoms with Crippen molar-refractivity contribution in [2.45, 2.75) is 26.4 Å². The van der Waals surface area contributed by atoms with Crippen molar-refractivity contribution in [3.63, 3.8) is 0 Å². The third-order valence-electron chi connectivity index (χ3n) is 2.50. The molecular weight excluding hydrogens is 230 g/mol. The van der Waals surface area contributed by atoms with Gasteiger partial charge in [0, 0.05) is 6.42 Å². The molecule has 0 saturated carbocycles. The SMILES string of the molecule is CCc1nnc(COc2cccc(CCN)c2)o1. The predicted octanol–water partition coefficient (Wildman–Crippen LogP) is 1.71. The van der Waals surface area contributed by atoms with Gasteiger partial charge < -0.3 is 14.9 Å². The van der Waals surface area contributed by atoms with Crippen molar-refractivity contribution in [2.24, 2.45) is 5.73 Å². The van der Waals surface area contributed by atoms with Gasteiger partial charge in [-0.3, -0.25) is 0 Å². The van der Waals surface area contributed by atoms with E-state index in [0.29, 0.717) is 24.9 Å². The highest BCUT2D eigenvalue weighted by molar-refractivity contribution is 5.28. The third kappa shape index (κ3) is 3.30. The Morgan fingerprint density at radius 1 is 1.28 bits per heavy atom. The summed E-state index contributed by atoms with van der Waals surface area (Å²) >= 11 is 0. The maximum absolute atomic E-state index is 5.60. The molecule has 2 aromatic rings. The Labute approximate surface area is 106 Å². The summed E-state index contributed by atoms with van der Waals surface area (Å²) in [7, 11) is 0. The standard InChI is InChI=1S/C13H17N3O2/c1-2-12-15-16-13(18-12)9-17-11-5-3-4-10(8-11)6-7-14/h3-5,8H,2,6-7,9,14H2,1H3. The topological polar surface area (TPSA) is 74.2 Å². The Morgan fingerprint density at radius 3 is 2.83 bits per heavy atom. The van der Waals surface area contributed by atoms with Crippen LogP contribution in [-0.4, -0.2) is 16.7 Å². The second kappa shape index (κ2) is 6.16. The van der Waals surface area contributed by atoms with E-state index >= 15 is 0 Å². The van der Waals surface area contributed by atoms with Crippen LogP contribution < -0.4 is 10.5 Å².